The highest BCUT2D eigenvalue weighted by Crippen LogP contribution is 2.20. The number of nitrogens with one attached hydrogen (secondary N) is 1. The van der Waals surface area contributed by atoms with Crippen LogP contribution in [0.25, 0.3) is 0 Å². The lowest BCUT2D eigenvalue weighted by molar-refractivity contribution is 0.102. The molecule has 0 saturated carbocycles. The summed E-state index contributed by atoms with van der Waals surface area (Å²) in [5.74, 6) is -0.237. The number of anilines is 1. The van der Waals surface area contributed by atoms with Crippen LogP contribution in [0.4, 0.5) is 5.69 Å². The van der Waals surface area contributed by atoms with Gasteiger partial charge in [0.2, 0.25) is 0 Å². The molecule has 0 unspecified atom stereocenters. The predicted octanol–water partition coefficient (Wildman–Crippen LogP) is 3.10. The molecule has 4 nitrogen and oxygen atoms in total. The van der Waals surface area contributed by atoms with Crippen molar-refractivity contribution >= 4 is 17.9 Å². The van der Waals surface area contributed by atoms with Gasteiger partial charge in [0.1, 0.15) is 0 Å². The number of carbonyl (C=O) groups is 2. The first-order valence-electron chi connectivity index (χ1n) is 6.55. The van der Waals surface area contributed by atoms with E-state index >= 15 is 0 Å². The average molecular weight is 268 g/mol. The van der Waals surface area contributed by atoms with Gasteiger partial charge < -0.3 is 5.32 Å². The molecule has 1 aromatic carbocycles. The first-order valence-corrected chi connectivity index (χ1v) is 6.55. The van der Waals surface area contributed by atoms with Crippen LogP contribution in [-0.4, -0.2) is 17.2 Å². The molecule has 0 aliphatic heterocycles. The second kappa shape index (κ2) is 6.61. The predicted molar refractivity (Wildman–Crippen MR) is 78.0 cm³/mol. The van der Waals surface area contributed by atoms with Crippen molar-refractivity contribution in [3.63, 3.8) is 0 Å². The van der Waals surface area contributed by atoms with E-state index in [4.69, 9.17) is 0 Å². The number of rotatable bonds is 5. The standard InChI is InChI=1S/C16H16N2O2/c1-2-6-14-15(13(11-19)9-10-17-14)18-16(20)12-7-4-3-5-8-12/h3-5,7-11H,2,6H2,1H3,(H,18,20). The number of amides is 1. The lowest BCUT2D eigenvalue weighted by atomic mass is 10.1. The minimum Gasteiger partial charge on any atom is -0.320 e. The number of aromatic nitrogens is 1. The van der Waals surface area contributed by atoms with E-state index in [0.29, 0.717) is 23.2 Å². The van der Waals surface area contributed by atoms with Crippen LogP contribution in [0.2, 0.25) is 0 Å². The number of aldehydes is 1. The Hall–Kier alpha value is -2.49. The molecular formula is C16H16N2O2. The van der Waals surface area contributed by atoms with E-state index in [-0.39, 0.29) is 5.91 Å². The minimum atomic E-state index is -0.237. The van der Waals surface area contributed by atoms with Crippen molar-refractivity contribution < 1.29 is 9.59 Å². The van der Waals surface area contributed by atoms with Gasteiger partial charge in [0.15, 0.2) is 6.29 Å². The van der Waals surface area contributed by atoms with E-state index in [1.807, 2.05) is 13.0 Å². The number of pyridine rings is 1. The summed E-state index contributed by atoms with van der Waals surface area (Å²) < 4.78 is 0. The van der Waals surface area contributed by atoms with Gasteiger partial charge in [-0.15, -0.1) is 0 Å². The van der Waals surface area contributed by atoms with Crippen molar-refractivity contribution in [1.82, 2.24) is 4.98 Å². The molecular weight excluding hydrogens is 252 g/mol. The van der Waals surface area contributed by atoms with Gasteiger partial charge in [-0.25, -0.2) is 0 Å². The van der Waals surface area contributed by atoms with Gasteiger partial charge >= 0.3 is 0 Å². The molecule has 0 bridgehead atoms. The van der Waals surface area contributed by atoms with Crippen molar-refractivity contribution in [2.45, 2.75) is 19.8 Å². The number of benzene rings is 1. The van der Waals surface area contributed by atoms with Crippen LogP contribution in [0.5, 0.6) is 0 Å². The summed E-state index contributed by atoms with van der Waals surface area (Å²) in [5, 5.41) is 2.80. The van der Waals surface area contributed by atoms with Crippen molar-refractivity contribution in [2.24, 2.45) is 0 Å². The summed E-state index contributed by atoms with van der Waals surface area (Å²) in [7, 11) is 0. The van der Waals surface area contributed by atoms with Gasteiger partial charge in [0.05, 0.1) is 11.4 Å². The van der Waals surface area contributed by atoms with Crippen LogP contribution in [0, 0.1) is 0 Å². The first-order chi connectivity index (χ1) is 9.76. The zero-order valence-corrected chi connectivity index (χ0v) is 11.3. The molecule has 0 spiro atoms. The van der Waals surface area contributed by atoms with E-state index in [0.717, 1.165) is 18.4 Å². The number of aryl methyl sites for hydroxylation is 1. The second-order valence-electron chi connectivity index (χ2n) is 4.41. The molecule has 1 heterocycles. The normalized spacial score (nSPS) is 10.1. The summed E-state index contributed by atoms with van der Waals surface area (Å²) in [6, 6.07) is 10.5. The Balaban J connectivity index is 2.32. The van der Waals surface area contributed by atoms with Crippen LogP contribution in [-0.2, 0) is 6.42 Å². The maximum atomic E-state index is 12.2. The third kappa shape index (κ3) is 3.09. The van der Waals surface area contributed by atoms with Crippen LogP contribution in [0.15, 0.2) is 42.6 Å². The monoisotopic (exact) mass is 268 g/mol. The largest absolute Gasteiger partial charge is 0.320 e. The average Bonchev–Trinajstić information content (AvgIpc) is 2.50. The van der Waals surface area contributed by atoms with Crippen LogP contribution in [0.3, 0.4) is 0 Å². The summed E-state index contributed by atoms with van der Waals surface area (Å²) in [4.78, 5) is 27.6. The van der Waals surface area contributed by atoms with Gasteiger partial charge in [-0.1, -0.05) is 31.5 Å². The third-order valence-corrected chi connectivity index (χ3v) is 2.95. The Bertz CT molecular complexity index is 609. The Kier molecular flexibility index (Phi) is 4.60. The van der Waals surface area contributed by atoms with E-state index < -0.39 is 0 Å². The molecule has 0 aliphatic carbocycles. The molecule has 0 fully saturated rings. The molecule has 4 heteroatoms. The quantitative estimate of drug-likeness (QED) is 0.848. The van der Waals surface area contributed by atoms with E-state index in [2.05, 4.69) is 10.3 Å². The maximum absolute atomic E-state index is 12.2. The second-order valence-corrected chi connectivity index (χ2v) is 4.41. The van der Waals surface area contributed by atoms with Crippen LogP contribution >= 0.6 is 0 Å². The van der Waals surface area contributed by atoms with E-state index in [9.17, 15) is 9.59 Å². The molecule has 1 amide bonds. The molecule has 102 valence electrons. The van der Waals surface area contributed by atoms with Crippen molar-refractivity contribution in [3.8, 4) is 0 Å². The number of hydrogen-bond acceptors (Lipinski definition) is 3. The third-order valence-electron chi connectivity index (χ3n) is 2.95. The summed E-state index contributed by atoms with van der Waals surface area (Å²) in [6.45, 7) is 2.03. The van der Waals surface area contributed by atoms with Crippen LogP contribution < -0.4 is 5.32 Å². The molecule has 0 atom stereocenters. The van der Waals surface area contributed by atoms with Gasteiger partial charge in [-0.2, -0.15) is 0 Å². The lowest BCUT2D eigenvalue weighted by Gasteiger charge is -2.12. The fraction of sp³-hybridized carbons (Fsp3) is 0.188. The van der Waals surface area contributed by atoms with Crippen molar-refractivity contribution in [2.75, 3.05) is 5.32 Å². The van der Waals surface area contributed by atoms with E-state index in [1.165, 1.54) is 0 Å². The highest BCUT2D eigenvalue weighted by atomic mass is 16.1. The molecule has 0 aliphatic rings. The number of carbonyl (C=O) groups excluding carboxylic acids is 2. The van der Waals surface area contributed by atoms with E-state index in [1.54, 1.807) is 36.5 Å². The molecule has 0 saturated heterocycles. The molecule has 0 radical (unpaired) electrons. The van der Waals surface area contributed by atoms with Crippen LogP contribution in [0.1, 0.15) is 39.8 Å². The van der Waals surface area contributed by atoms with Gasteiger partial charge in [0, 0.05) is 17.3 Å². The SMILES string of the molecule is CCCc1nccc(C=O)c1NC(=O)c1ccccc1. The van der Waals surface area contributed by atoms with Gasteiger partial charge in [-0.05, 0) is 24.6 Å². The van der Waals surface area contributed by atoms with Gasteiger partial charge in [0.25, 0.3) is 5.91 Å². The van der Waals surface area contributed by atoms with Crippen molar-refractivity contribution in [1.29, 1.82) is 0 Å². The highest BCUT2D eigenvalue weighted by Gasteiger charge is 2.13. The Morgan fingerprint density at radius 2 is 2.00 bits per heavy atom. The fourth-order valence-electron chi connectivity index (χ4n) is 1.97. The fourth-order valence-corrected chi connectivity index (χ4v) is 1.97. The molecule has 1 N–H and O–H groups in total. The zero-order chi connectivity index (χ0) is 14.4. The zero-order valence-electron chi connectivity index (χ0n) is 11.3. The lowest BCUT2D eigenvalue weighted by Crippen LogP contribution is -2.15. The topological polar surface area (TPSA) is 59.1 Å². The van der Waals surface area contributed by atoms with Gasteiger partial charge in [-0.3, -0.25) is 14.6 Å². The number of hydrogen-bond donors (Lipinski definition) is 1. The Morgan fingerprint density at radius 3 is 2.65 bits per heavy atom. The first kappa shape index (κ1) is 13.9. The smallest absolute Gasteiger partial charge is 0.255 e. The highest BCUT2D eigenvalue weighted by molar-refractivity contribution is 6.06. The maximum Gasteiger partial charge on any atom is 0.255 e. The summed E-state index contributed by atoms with van der Waals surface area (Å²) in [5.41, 5.74) is 2.25. The number of nitrogens with zero attached hydrogens (tertiary/aromatic N) is 1. The summed E-state index contributed by atoms with van der Waals surface area (Å²) in [6.07, 6.45) is 3.93. The molecule has 2 rings (SSSR count). The molecule has 1 aromatic heterocycles. The Labute approximate surface area is 117 Å². The molecule has 20 heavy (non-hydrogen) atoms. The molecule has 2 aromatic rings. The Morgan fingerprint density at radius 1 is 1.25 bits per heavy atom. The minimum absolute atomic E-state index is 0.237. The van der Waals surface area contributed by atoms with Crippen molar-refractivity contribution in [3.05, 3.63) is 59.4 Å². The summed E-state index contributed by atoms with van der Waals surface area (Å²) >= 11 is 0.